The van der Waals surface area contributed by atoms with Crippen LogP contribution in [0.25, 0.3) is 5.69 Å². The first-order valence-corrected chi connectivity index (χ1v) is 7.93. The first-order chi connectivity index (χ1) is 9.81. The molecule has 114 valence electrons. The molecule has 21 heavy (non-hydrogen) atoms. The maximum Gasteiger partial charge on any atom is 0.263 e. The number of halogens is 2. The molecule has 8 heteroatoms. The molecule has 2 aromatic rings. The number of hydrogen-bond donors (Lipinski definition) is 1. The standard InChI is InChI=1S/C13H15F2N3O2S/c1-2-13(14,15)9-21(19,20)17-11-4-3-5-12(8-11)18-7-6-16-10-18/h3-8,10,17H,2,9H2,1H3. The van der Waals surface area contributed by atoms with Crippen molar-refractivity contribution in [2.75, 3.05) is 10.5 Å². The van der Waals surface area contributed by atoms with E-state index in [1.54, 1.807) is 41.5 Å². The van der Waals surface area contributed by atoms with E-state index in [1.165, 1.54) is 13.0 Å². The second-order valence-corrected chi connectivity index (χ2v) is 6.31. The molecule has 0 fully saturated rings. The van der Waals surface area contributed by atoms with Crippen molar-refractivity contribution in [3.63, 3.8) is 0 Å². The molecule has 0 radical (unpaired) electrons. The molecule has 0 unspecified atom stereocenters. The van der Waals surface area contributed by atoms with E-state index in [0.717, 1.165) is 0 Å². The van der Waals surface area contributed by atoms with E-state index in [-0.39, 0.29) is 5.69 Å². The van der Waals surface area contributed by atoms with Crippen molar-refractivity contribution in [2.45, 2.75) is 19.3 Å². The van der Waals surface area contributed by atoms with Crippen LogP contribution in [0.15, 0.2) is 43.0 Å². The molecule has 1 N–H and O–H groups in total. The lowest BCUT2D eigenvalue weighted by molar-refractivity contribution is 0.0219. The fourth-order valence-electron chi connectivity index (χ4n) is 1.74. The zero-order valence-electron chi connectivity index (χ0n) is 11.3. The van der Waals surface area contributed by atoms with Crippen molar-refractivity contribution in [3.05, 3.63) is 43.0 Å². The van der Waals surface area contributed by atoms with Crippen LogP contribution in [0.5, 0.6) is 0 Å². The Kier molecular flexibility index (Phi) is 4.26. The van der Waals surface area contributed by atoms with Crippen LogP contribution >= 0.6 is 0 Å². The second kappa shape index (κ2) is 5.80. The van der Waals surface area contributed by atoms with Crippen molar-refractivity contribution in [1.29, 1.82) is 0 Å². The summed E-state index contributed by atoms with van der Waals surface area (Å²) in [7, 11) is -4.11. The summed E-state index contributed by atoms with van der Waals surface area (Å²) in [4.78, 5) is 3.89. The van der Waals surface area contributed by atoms with Gasteiger partial charge in [-0.3, -0.25) is 4.72 Å². The van der Waals surface area contributed by atoms with E-state index in [9.17, 15) is 17.2 Å². The third kappa shape index (κ3) is 4.25. The van der Waals surface area contributed by atoms with E-state index in [2.05, 4.69) is 9.71 Å². The number of rotatable bonds is 6. The first kappa shape index (κ1) is 15.4. The Morgan fingerprint density at radius 2 is 2.14 bits per heavy atom. The Bertz CT molecular complexity index is 700. The van der Waals surface area contributed by atoms with E-state index in [0.29, 0.717) is 5.69 Å². The molecule has 0 spiro atoms. The average Bonchev–Trinajstić information content (AvgIpc) is 2.91. The van der Waals surface area contributed by atoms with E-state index >= 15 is 0 Å². The van der Waals surface area contributed by atoms with Gasteiger partial charge in [-0.1, -0.05) is 13.0 Å². The quantitative estimate of drug-likeness (QED) is 0.891. The normalized spacial score (nSPS) is 12.3. The fraction of sp³-hybridized carbons (Fsp3) is 0.308. The molecular weight excluding hydrogens is 300 g/mol. The largest absolute Gasteiger partial charge is 0.306 e. The fourth-order valence-corrected chi connectivity index (χ4v) is 3.06. The van der Waals surface area contributed by atoms with Gasteiger partial charge >= 0.3 is 0 Å². The third-order valence-corrected chi connectivity index (χ3v) is 4.19. The molecule has 0 atom stereocenters. The van der Waals surface area contributed by atoms with Crippen molar-refractivity contribution in [3.8, 4) is 5.69 Å². The molecule has 1 heterocycles. The summed E-state index contributed by atoms with van der Waals surface area (Å²) in [6, 6.07) is 6.43. The zero-order valence-corrected chi connectivity index (χ0v) is 12.1. The number of hydrogen-bond acceptors (Lipinski definition) is 3. The van der Waals surface area contributed by atoms with Gasteiger partial charge in [0.05, 0.1) is 12.0 Å². The van der Waals surface area contributed by atoms with Gasteiger partial charge in [0.1, 0.15) is 5.75 Å². The number of benzene rings is 1. The minimum absolute atomic E-state index is 0.230. The molecule has 0 saturated heterocycles. The Labute approximate surface area is 121 Å². The van der Waals surface area contributed by atoms with Crippen molar-refractivity contribution in [2.24, 2.45) is 0 Å². The molecule has 0 saturated carbocycles. The van der Waals surface area contributed by atoms with Gasteiger partial charge in [0.2, 0.25) is 10.0 Å². The first-order valence-electron chi connectivity index (χ1n) is 6.28. The Balaban J connectivity index is 2.18. The van der Waals surface area contributed by atoms with Crippen molar-refractivity contribution in [1.82, 2.24) is 9.55 Å². The predicted molar refractivity (Wildman–Crippen MR) is 76.2 cm³/mol. The van der Waals surface area contributed by atoms with Gasteiger partial charge in [-0.15, -0.1) is 0 Å². The number of nitrogens with zero attached hydrogens (tertiary/aromatic N) is 2. The third-order valence-electron chi connectivity index (χ3n) is 2.84. The number of anilines is 1. The maximum atomic E-state index is 13.2. The Morgan fingerprint density at radius 1 is 1.38 bits per heavy atom. The van der Waals surface area contributed by atoms with Crippen LogP contribution in [0.4, 0.5) is 14.5 Å². The summed E-state index contributed by atoms with van der Waals surface area (Å²) in [5.41, 5.74) is 0.906. The smallest absolute Gasteiger partial charge is 0.263 e. The maximum absolute atomic E-state index is 13.2. The molecule has 0 aliphatic carbocycles. The molecule has 0 bridgehead atoms. The van der Waals surface area contributed by atoms with Crippen molar-refractivity contribution >= 4 is 15.7 Å². The summed E-state index contributed by atoms with van der Waals surface area (Å²) < 4.78 is 53.8. The second-order valence-electron chi connectivity index (χ2n) is 4.59. The van der Waals surface area contributed by atoms with Crippen LogP contribution in [0.3, 0.4) is 0 Å². The number of alkyl halides is 2. The SMILES string of the molecule is CCC(F)(F)CS(=O)(=O)Nc1cccc(-n2ccnc2)c1. The summed E-state index contributed by atoms with van der Waals surface area (Å²) >= 11 is 0. The molecule has 1 aromatic heterocycles. The van der Waals surface area contributed by atoms with Gasteiger partial charge in [-0.05, 0) is 18.2 Å². The highest BCUT2D eigenvalue weighted by Crippen LogP contribution is 2.22. The Hall–Kier alpha value is -1.96. The lowest BCUT2D eigenvalue weighted by Gasteiger charge is -2.15. The monoisotopic (exact) mass is 315 g/mol. The van der Waals surface area contributed by atoms with Crippen LogP contribution in [-0.4, -0.2) is 29.6 Å². The van der Waals surface area contributed by atoms with Gasteiger partial charge in [0.15, 0.2) is 0 Å². The van der Waals surface area contributed by atoms with Crippen LogP contribution in [0, 0.1) is 0 Å². The minimum Gasteiger partial charge on any atom is -0.306 e. The predicted octanol–water partition coefficient (Wildman–Crippen LogP) is 2.66. The number of nitrogens with one attached hydrogen (secondary N) is 1. The molecule has 1 aromatic carbocycles. The van der Waals surface area contributed by atoms with Crippen molar-refractivity contribution < 1.29 is 17.2 Å². The van der Waals surface area contributed by atoms with E-state index in [1.807, 2.05) is 0 Å². The molecule has 0 aliphatic heterocycles. The summed E-state index contributed by atoms with van der Waals surface area (Å²) in [6.45, 7) is 1.25. The van der Waals surface area contributed by atoms with E-state index < -0.39 is 28.1 Å². The number of sulfonamides is 1. The molecular formula is C13H15F2N3O2S. The zero-order chi connectivity index (χ0) is 15.5. The van der Waals surface area contributed by atoms with E-state index in [4.69, 9.17) is 0 Å². The topological polar surface area (TPSA) is 64.0 Å². The van der Waals surface area contributed by atoms with Gasteiger partial charge in [-0.25, -0.2) is 22.2 Å². The van der Waals surface area contributed by atoms with Gasteiger partial charge in [-0.2, -0.15) is 0 Å². The lowest BCUT2D eigenvalue weighted by atomic mass is 10.3. The van der Waals surface area contributed by atoms with Gasteiger partial charge in [0.25, 0.3) is 5.92 Å². The highest BCUT2D eigenvalue weighted by molar-refractivity contribution is 7.92. The van der Waals surface area contributed by atoms with Crippen LogP contribution in [-0.2, 0) is 10.0 Å². The summed E-state index contributed by atoms with van der Waals surface area (Å²) in [6.07, 6.45) is 4.30. The highest BCUT2D eigenvalue weighted by atomic mass is 32.2. The summed E-state index contributed by atoms with van der Waals surface area (Å²) in [5.74, 6) is -4.47. The van der Waals surface area contributed by atoms with Gasteiger partial charge < -0.3 is 4.57 Å². The Morgan fingerprint density at radius 3 is 2.76 bits per heavy atom. The van der Waals surface area contributed by atoms with Crippen LogP contribution in [0.1, 0.15) is 13.3 Å². The van der Waals surface area contributed by atoms with Gasteiger partial charge in [0, 0.05) is 24.5 Å². The molecule has 0 aliphatic rings. The van der Waals surface area contributed by atoms with Crippen LogP contribution < -0.4 is 4.72 Å². The average molecular weight is 315 g/mol. The highest BCUT2D eigenvalue weighted by Gasteiger charge is 2.33. The molecule has 0 amide bonds. The number of imidazole rings is 1. The minimum atomic E-state index is -4.11. The summed E-state index contributed by atoms with van der Waals surface area (Å²) in [5, 5.41) is 0. The molecule has 5 nitrogen and oxygen atoms in total. The molecule has 2 rings (SSSR count). The number of aromatic nitrogens is 2. The van der Waals surface area contributed by atoms with Crippen LogP contribution in [0.2, 0.25) is 0 Å². The lowest BCUT2D eigenvalue weighted by Crippen LogP contribution is -2.30.